The zero-order valence-corrected chi connectivity index (χ0v) is 13.2. The molecule has 123 valence electrons. The normalized spacial score (nSPS) is 11.9. The number of carbonyl (C=O) groups excluding carboxylic acids is 1. The molecule has 0 unspecified atom stereocenters. The SMILES string of the molecule is [N]C([N])=NC(=O)c1nc(Cl)c([N][C][C]c2ccc3c(c2)O[C]O3)nc1[N]. The molecular weight excluding hydrogens is 362 g/mol. The number of aromatic nitrogens is 2. The van der Waals surface area contributed by atoms with E-state index in [9.17, 15) is 10.5 Å². The molecule has 0 saturated carbocycles. The van der Waals surface area contributed by atoms with Crippen molar-refractivity contribution in [1.82, 2.24) is 32.5 Å². The Morgan fingerprint density at radius 2 is 2.00 bits per heavy atom. The minimum atomic E-state index is -1.49. The van der Waals surface area contributed by atoms with Crippen LogP contribution in [0, 0.1) is 19.8 Å². The predicted octanol–water partition coefficient (Wildman–Crippen LogP) is 0.636. The maximum atomic E-state index is 11.5. The summed E-state index contributed by atoms with van der Waals surface area (Å²) in [5, 5.41) is 3.41. The molecular formula is C15H3ClN7O3. The highest BCUT2D eigenvalue weighted by atomic mass is 35.5. The third kappa shape index (κ3) is 3.86. The van der Waals surface area contributed by atoms with Crippen molar-refractivity contribution >= 4 is 35.1 Å². The van der Waals surface area contributed by atoms with Crippen LogP contribution in [-0.4, -0.2) is 21.8 Å². The molecule has 1 aromatic heterocycles. The Morgan fingerprint density at radius 3 is 2.77 bits per heavy atom. The molecule has 1 amide bonds. The minimum Gasteiger partial charge on any atom is -0.435 e. The number of halogens is 1. The van der Waals surface area contributed by atoms with Crippen molar-refractivity contribution in [3.8, 4) is 11.5 Å². The van der Waals surface area contributed by atoms with Crippen molar-refractivity contribution in [3.63, 3.8) is 0 Å². The second-order valence-electron chi connectivity index (χ2n) is 4.52. The molecule has 2 heterocycles. The number of hydrogen-bond acceptors (Lipinski definition) is 5. The van der Waals surface area contributed by atoms with Crippen LogP contribution >= 0.6 is 11.6 Å². The maximum absolute atomic E-state index is 11.5. The number of benzene rings is 1. The summed E-state index contributed by atoms with van der Waals surface area (Å²) in [4.78, 5) is 21.4. The highest BCUT2D eigenvalue weighted by Gasteiger charge is 2.20. The minimum absolute atomic E-state index is 0.243. The fourth-order valence-electron chi connectivity index (χ4n) is 1.76. The molecule has 0 bridgehead atoms. The molecule has 0 atom stereocenters. The van der Waals surface area contributed by atoms with Crippen LogP contribution in [0.1, 0.15) is 16.1 Å². The first kappa shape index (κ1) is 17.5. The summed E-state index contributed by atoms with van der Waals surface area (Å²) < 4.78 is 9.91. The first-order valence-corrected chi connectivity index (χ1v) is 7.04. The highest BCUT2D eigenvalue weighted by Crippen LogP contribution is 2.34. The lowest BCUT2D eigenvalue weighted by Gasteiger charge is -2.05. The van der Waals surface area contributed by atoms with E-state index in [0.29, 0.717) is 17.1 Å². The average molecular weight is 365 g/mol. The molecule has 0 N–H and O–H groups in total. The van der Waals surface area contributed by atoms with Gasteiger partial charge in [0.05, 0.1) is 6.42 Å². The van der Waals surface area contributed by atoms with Crippen LogP contribution in [0.2, 0.25) is 5.15 Å². The molecule has 0 spiro atoms. The van der Waals surface area contributed by atoms with Crippen LogP contribution in [0.4, 0.5) is 11.6 Å². The predicted molar refractivity (Wildman–Crippen MR) is 83.2 cm³/mol. The number of ether oxygens (including phenoxy) is 2. The lowest BCUT2D eigenvalue weighted by molar-refractivity contribution is 0.0998. The summed E-state index contributed by atoms with van der Waals surface area (Å²) in [6, 6.07) is 4.89. The van der Waals surface area contributed by atoms with Gasteiger partial charge in [-0.3, -0.25) is 10.1 Å². The summed E-state index contributed by atoms with van der Waals surface area (Å²) in [5.74, 6) is -2.88. The number of amides is 1. The Morgan fingerprint density at radius 1 is 1.23 bits per heavy atom. The summed E-state index contributed by atoms with van der Waals surface area (Å²) in [6.07, 6.45) is 2.69. The number of hydrogen-bond donors (Lipinski definition) is 0. The number of fused-ring (bicyclic) bond motifs is 1. The molecule has 13 radical (unpaired) electrons. The lowest BCUT2D eigenvalue weighted by Crippen LogP contribution is -2.10. The Balaban J connectivity index is 1.66. The van der Waals surface area contributed by atoms with Crippen LogP contribution in [-0.2, 0) is 0 Å². The molecule has 0 fully saturated rings. The fraction of sp³-hybridized carbons (Fsp3) is 0. The van der Waals surface area contributed by atoms with Gasteiger partial charge in [-0.2, -0.15) is 4.99 Å². The number of guanidine groups is 1. The van der Waals surface area contributed by atoms with Gasteiger partial charge in [0.1, 0.15) is 6.54 Å². The average Bonchev–Trinajstić information content (AvgIpc) is 3.04. The van der Waals surface area contributed by atoms with Crippen LogP contribution in [0.25, 0.3) is 0 Å². The molecule has 1 aromatic carbocycles. The van der Waals surface area contributed by atoms with Crippen molar-refractivity contribution in [1.29, 1.82) is 0 Å². The maximum Gasteiger partial charge on any atom is 0.428 e. The van der Waals surface area contributed by atoms with Crippen molar-refractivity contribution in [3.05, 3.63) is 54.4 Å². The Hall–Kier alpha value is -3.27. The second-order valence-corrected chi connectivity index (χ2v) is 4.88. The second kappa shape index (κ2) is 7.31. The molecule has 2 aromatic rings. The monoisotopic (exact) mass is 364 g/mol. The molecule has 26 heavy (non-hydrogen) atoms. The first-order chi connectivity index (χ1) is 12.4. The van der Waals surface area contributed by atoms with E-state index in [1.807, 2.05) is 0 Å². The van der Waals surface area contributed by atoms with Gasteiger partial charge in [0.25, 0.3) is 5.96 Å². The van der Waals surface area contributed by atoms with E-state index in [-0.39, 0.29) is 11.0 Å². The zero-order chi connectivity index (χ0) is 18.7. The van der Waals surface area contributed by atoms with E-state index in [0.717, 1.165) is 0 Å². The topological polar surface area (TPSA) is 155 Å². The standard InChI is InChI=1S/C15H3ClN7O3/c16-11-13(22-12(17)10(21-11)14(24)23-15(18)19)20-4-3-7-1-2-8-9(5-7)26-6-25-8/h1-2,5H. The van der Waals surface area contributed by atoms with Crippen LogP contribution in [0.3, 0.4) is 0 Å². The van der Waals surface area contributed by atoms with Crippen molar-refractivity contribution in [2.45, 2.75) is 0 Å². The number of carbonyl (C=O) groups is 1. The summed E-state index contributed by atoms with van der Waals surface area (Å²) >= 11 is 5.82. The summed E-state index contributed by atoms with van der Waals surface area (Å²) in [5.41, 5.74) is 26.7. The third-order valence-corrected chi connectivity index (χ3v) is 3.08. The Bertz CT molecular complexity index is 884. The van der Waals surface area contributed by atoms with E-state index in [1.54, 1.807) is 18.2 Å². The van der Waals surface area contributed by atoms with Crippen molar-refractivity contribution in [2.75, 3.05) is 0 Å². The van der Waals surface area contributed by atoms with E-state index in [1.165, 1.54) is 0 Å². The molecule has 1 aliphatic heterocycles. The van der Waals surface area contributed by atoms with Gasteiger partial charge in [0, 0.05) is 0 Å². The molecule has 10 nitrogen and oxygen atoms in total. The van der Waals surface area contributed by atoms with E-state index >= 15 is 0 Å². The van der Waals surface area contributed by atoms with Gasteiger partial charge >= 0.3 is 12.7 Å². The van der Waals surface area contributed by atoms with Crippen molar-refractivity contribution < 1.29 is 14.3 Å². The van der Waals surface area contributed by atoms with E-state index in [4.69, 9.17) is 32.5 Å². The first-order valence-electron chi connectivity index (χ1n) is 6.66. The fourth-order valence-corrected chi connectivity index (χ4v) is 1.93. The summed E-state index contributed by atoms with van der Waals surface area (Å²) in [7, 11) is 0. The van der Waals surface area contributed by atoms with Crippen LogP contribution in [0.15, 0.2) is 23.2 Å². The molecule has 3 rings (SSSR count). The summed E-state index contributed by atoms with van der Waals surface area (Å²) in [6.45, 7) is 4.66. The van der Waals surface area contributed by atoms with Gasteiger partial charge < -0.3 is 9.47 Å². The van der Waals surface area contributed by atoms with Gasteiger partial charge in [-0.15, -0.1) is 17.2 Å². The molecule has 1 aliphatic rings. The van der Waals surface area contributed by atoms with Crippen LogP contribution in [0.5, 0.6) is 11.5 Å². The van der Waals surface area contributed by atoms with E-state index in [2.05, 4.69) is 40.0 Å². The third-order valence-electron chi connectivity index (χ3n) is 2.83. The van der Waals surface area contributed by atoms with Gasteiger partial charge in [-0.1, -0.05) is 17.7 Å². The largest absolute Gasteiger partial charge is 0.435 e. The molecule has 0 saturated heterocycles. The van der Waals surface area contributed by atoms with Gasteiger partial charge in [-0.25, -0.2) is 9.97 Å². The molecule has 11 heteroatoms. The van der Waals surface area contributed by atoms with Gasteiger partial charge in [0.2, 0.25) is 5.82 Å². The highest BCUT2D eigenvalue weighted by molar-refractivity contribution is 6.31. The van der Waals surface area contributed by atoms with Gasteiger partial charge in [-0.05, 0) is 17.7 Å². The number of rotatable bonds is 5. The number of nitrogens with zero attached hydrogens (tertiary/aromatic N) is 7. The van der Waals surface area contributed by atoms with E-state index < -0.39 is 23.4 Å². The van der Waals surface area contributed by atoms with Crippen molar-refractivity contribution in [2.24, 2.45) is 4.99 Å². The Labute approximate surface area is 153 Å². The van der Waals surface area contributed by atoms with Gasteiger partial charge in [0.15, 0.2) is 28.2 Å². The zero-order valence-electron chi connectivity index (χ0n) is 12.5. The lowest BCUT2D eigenvalue weighted by atomic mass is 10.1. The smallest absolute Gasteiger partial charge is 0.428 e. The van der Waals surface area contributed by atoms with Crippen LogP contribution < -0.4 is 32.0 Å². The molecule has 0 aliphatic carbocycles. The number of aliphatic imine (C=N–C) groups is 1. The Kier molecular flexibility index (Phi) is 4.94. The quantitative estimate of drug-likeness (QED) is 0.562.